The van der Waals surface area contributed by atoms with E-state index in [-0.39, 0.29) is 0 Å². The van der Waals surface area contributed by atoms with Crippen LogP contribution >= 0.6 is 11.3 Å². The molecule has 6 aromatic heterocycles. The maximum atomic E-state index is 5.30. The fourth-order valence-electron chi connectivity index (χ4n) is 3.77. The van der Waals surface area contributed by atoms with Gasteiger partial charge in [-0.2, -0.15) is 16.4 Å². The molecule has 0 aliphatic heterocycles. The van der Waals surface area contributed by atoms with Crippen molar-refractivity contribution in [2.45, 2.75) is 0 Å². The molecule has 150 valence electrons. The molecule has 0 radical (unpaired) electrons. The lowest BCUT2D eigenvalue weighted by atomic mass is 10.1. The van der Waals surface area contributed by atoms with Crippen LogP contribution in [0.3, 0.4) is 0 Å². The van der Waals surface area contributed by atoms with Crippen molar-refractivity contribution in [1.82, 2.24) is 30.1 Å². The number of thiophene rings is 1. The van der Waals surface area contributed by atoms with Crippen molar-refractivity contribution in [3.63, 3.8) is 0 Å². The van der Waals surface area contributed by atoms with E-state index >= 15 is 0 Å². The van der Waals surface area contributed by atoms with Crippen LogP contribution in [-0.2, 0) is 0 Å². The van der Waals surface area contributed by atoms with Crippen molar-refractivity contribution in [2.75, 3.05) is 7.11 Å². The van der Waals surface area contributed by atoms with Gasteiger partial charge < -0.3 is 9.72 Å². The second kappa shape index (κ2) is 7.03. The van der Waals surface area contributed by atoms with Gasteiger partial charge in [0.05, 0.1) is 36.4 Å². The minimum Gasteiger partial charge on any atom is -0.495 e. The molecule has 0 saturated carbocycles. The number of ether oxygens (including phenoxy) is 1. The second-order valence-electron chi connectivity index (χ2n) is 7.12. The van der Waals surface area contributed by atoms with Crippen LogP contribution < -0.4 is 4.74 Å². The number of aromatic amines is 2. The molecule has 0 aliphatic carbocycles. The molecule has 6 rings (SSSR count). The van der Waals surface area contributed by atoms with Crippen LogP contribution in [0.4, 0.5) is 0 Å². The zero-order chi connectivity index (χ0) is 20.8. The highest BCUT2D eigenvalue weighted by Gasteiger charge is 2.15. The molecule has 0 fully saturated rings. The number of methoxy groups -OCH3 is 1. The highest BCUT2D eigenvalue weighted by molar-refractivity contribution is 7.08. The van der Waals surface area contributed by atoms with Crippen molar-refractivity contribution in [3.8, 4) is 39.5 Å². The maximum absolute atomic E-state index is 5.30. The largest absolute Gasteiger partial charge is 0.495 e. The summed E-state index contributed by atoms with van der Waals surface area (Å²) in [5.41, 5.74) is 7.44. The minimum absolute atomic E-state index is 0.689. The molecule has 7 nitrogen and oxygen atoms in total. The molecule has 0 saturated heterocycles. The van der Waals surface area contributed by atoms with Gasteiger partial charge in [0.25, 0.3) is 0 Å². The third-order valence-electron chi connectivity index (χ3n) is 5.31. The zero-order valence-electron chi connectivity index (χ0n) is 16.5. The lowest BCUT2D eigenvalue weighted by molar-refractivity contribution is 0.413. The van der Waals surface area contributed by atoms with Gasteiger partial charge in [-0.25, -0.2) is 4.98 Å². The second-order valence-corrected chi connectivity index (χ2v) is 7.90. The molecule has 8 heteroatoms. The van der Waals surface area contributed by atoms with E-state index in [2.05, 4.69) is 53.0 Å². The summed E-state index contributed by atoms with van der Waals surface area (Å²) in [7, 11) is 1.62. The highest BCUT2D eigenvalue weighted by Crippen LogP contribution is 2.34. The number of rotatable bonds is 4. The van der Waals surface area contributed by atoms with Crippen LogP contribution in [0, 0.1) is 0 Å². The molecular formula is C23H16N6OS. The van der Waals surface area contributed by atoms with Gasteiger partial charge in [-0.15, -0.1) is 0 Å². The minimum atomic E-state index is 0.689. The summed E-state index contributed by atoms with van der Waals surface area (Å²) in [5.74, 6) is 0.689. The molecule has 6 heterocycles. The van der Waals surface area contributed by atoms with Crippen molar-refractivity contribution < 1.29 is 4.74 Å². The number of H-pyrrole nitrogens is 2. The fraction of sp³-hybridized carbons (Fsp3) is 0.0435. The first-order chi connectivity index (χ1) is 15.3. The van der Waals surface area contributed by atoms with E-state index in [1.54, 1.807) is 37.0 Å². The third-order valence-corrected chi connectivity index (χ3v) is 5.99. The molecule has 0 amide bonds. The first-order valence-electron chi connectivity index (χ1n) is 9.64. The molecule has 6 aromatic rings. The lowest BCUT2D eigenvalue weighted by Crippen LogP contribution is -1.88. The molecule has 0 atom stereocenters. The number of pyridine rings is 3. The van der Waals surface area contributed by atoms with E-state index in [1.165, 1.54) is 5.56 Å². The Bertz CT molecular complexity index is 1530. The van der Waals surface area contributed by atoms with Crippen LogP contribution in [0.5, 0.6) is 5.75 Å². The van der Waals surface area contributed by atoms with Gasteiger partial charge in [-0.3, -0.25) is 15.1 Å². The molecule has 0 spiro atoms. The van der Waals surface area contributed by atoms with Crippen molar-refractivity contribution in [3.05, 3.63) is 65.9 Å². The smallest absolute Gasteiger partial charge is 0.138 e. The van der Waals surface area contributed by atoms with E-state index in [4.69, 9.17) is 4.74 Å². The predicted molar refractivity (Wildman–Crippen MR) is 122 cm³/mol. The van der Waals surface area contributed by atoms with E-state index < -0.39 is 0 Å². The monoisotopic (exact) mass is 424 g/mol. The Balaban J connectivity index is 1.50. The van der Waals surface area contributed by atoms with E-state index in [0.29, 0.717) is 5.75 Å². The van der Waals surface area contributed by atoms with Gasteiger partial charge >= 0.3 is 0 Å². The quantitative estimate of drug-likeness (QED) is 0.401. The first kappa shape index (κ1) is 17.8. The van der Waals surface area contributed by atoms with Crippen LogP contribution in [0.1, 0.15) is 0 Å². The van der Waals surface area contributed by atoms with Gasteiger partial charge in [0, 0.05) is 28.7 Å². The average molecular weight is 424 g/mol. The number of nitrogens with zero attached hydrogens (tertiary/aromatic N) is 4. The summed E-state index contributed by atoms with van der Waals surface area (Å²) in [5, 5.41) is 13.9. The van der Waals surface area contributed by atoms with Crippen LogP contribution in [-0.4, -0.2) is 37.2 Å². The van der Waals surface area contributed by atoms with Crippen LogP contribution in [0.2, 0.25) is 0 Å². The Labute approximate surface area is 180 Å². The van der Waals surface area contributed by atoms with E-state index in [1.807, 2.05) is 24.4 Å². The average Bonchev–Trinajstić information content (AvgIpc) is 3.57. The highest BCUT2D eigenvalue weighted by atomic mass is 32.1. The summed E-state index contributed by atoms with van der Waals surface area (Å²) < 4.78 is 5.30. The third kappa shape index (κ3) is 2.96. The number of aromatic nitrogens is 6. The van der Waals surface area contributed by atoms with Gasteiger partial charge in [0.2, 0.25) is 0 Å². The molecule has 0 unspecified atom stereocenters. The number of fused-ring (bicyclic) bond motifs is 2. The summed E-state index contributed by atoms with van der Waals surface area (Å²) in [6, 6.07) is 10.2. The van der Waals surface area contributed by atoms with Crippen molar-refractivity contribution in [2.24, 2.45) is 0 Å². The van der Waals surface area contributed by atoms with Gasteiger partial charge in [-0.1, -0.05) is 0 Å². The maximum Gasteiger partial charge on any atom is 0.138 e. The predicted octanol–water partition coefficient (Wildman–Crippen LogP) is 5.30. The number of nitrogens with one attached hydrogen (secondary N) is 2. The van der Waals surface area contributed by atoms with Gasteiger partial charge in [0.1, 0.15) is 17.1 Å². The summed E-state index contributed by atoms with van der Waals surface area (Å²) in [4.78, 5) is 16.8. The summed E-state index contributed by atoms with van der Waals surface area (Å²) >= 11 is 1.68. The zero-order valence-corrected chi connectivity index (χ0v) is 17.3. The van der Waals surface area contributed by atoms with Crippen LogP contribution in [0.15, 0.2) is 65.9 Å². The fourth-order valence-corrected chi connectivity index (χ4v) is 4.43. The molecular weight excluding hydrogens is 408 g/mol. The molecule has 2 N–H and O–H groups in total. The van der Waals surface area contributed by atoms with E-state index in [0.717, 1.165) is 50.1 Å². The SMILES string of the molecule is COc1cncc(-c2cc3c(-c4cc5c(-c6ccsc6)ccnc5[nH]4)n[nH]c3cn2)c1. The molecule has 0 aromatic carbocycles. The Kier molecular flexibility index (Phi) is 4.03. The van der Waals surface area contributed by atoms with Gasteiger partial charge in [0.15, 0.2) is 0 Å². The normalized spacial score (nSPS) is 11.4. The standard InChI is InChI=1S/C23H16N6OS/c1-30-15-6-14(9-24-10-15)19-8-18-21(11-26-19)28-29-22(18)20-7-17-16(13-3-5-31-12-13)2-4-25-23(17)27-20/h2-12H,1H3,(H,25,27)(H,28,29). The topological polar surface area (TPSA) is 92.4 Å². The van der Waals surface area contributed by atoms with E-state index in [9.17, 15) is 0 Å². The lowest BCUT2D eigenvalue weighted by Gasteiger charge is -2.04. The molecule has 0 bridgehead atoms. The summed E-state index contributed by atoms with van der Waals surface area (Å²) in [6.45, 7) is 0. The van der Waals surface area contributed by atoms with Crippen molar-refractivity contribution >= 4 is 33.3 Å². The Morgan fingerprint density at radius 2 is 1.94 bits per heavy atom. The number of hydrogen-bond acceptors (Lipinski definition) is 6. The first-order valence-corrected chi connectivity index (χ1v) is 10.6. The molecule has 31 heavy (non-hydrogen) atoms. The summed E-state index contributed by atoms with van der Waals surface area (Å²) in [6.07, 6.45) is 7.07. The van der Waals surface area contributed by atoms with Crippen molar-refractivity contribution in [1.29, 1.82) is 0 Å². The van der Waals surface area contributed by atoms with Crippen LogP contribution in [0.25, 0.3) is 55.7 Å². The molecule has 0 aliphatic rings. The Hall–Kier alpha value is -4.04. The van der Waals surface area contributed by atoms with Gasteiger partial charge in [-0.05, 0) is 52.2 Å². The Morgan fingerprint density at radius 3 is 2.81 bits per heavy atom. The Morgan fingerprint density at radius 1 is 0.968 bits per heavy atom. The number of hydrogen-bond donors (Lipinski definition) is 2.